The van der Waals surface area contributed by atoms with Gasteiger partial charge in [-0.1, -0.05) is 36.4 Å². The van der Waals surface area contributed by atoms with Crippen LogP contribution in [-0.2, 0) is 35.2 Å². The van der Waals surface area contributed by atoms with Gasteiger partial charge >= 0.3 is 18.0 Å². The molecule has 0 aliphatic carbocycles. The van der Waals surface area contributed by atoms with Crippen LogP contribution in [0.1, 0.15) is 69.1 Å². The second kappa shape index (κ2) is 17.0. The lowest BCUT2D eigenvalue weighted by Crippen LogP contribution is -2.56. The lowest BCUT2D eigenvalue weighted by Gasteiger charge is -2.36. The molecule has 0 radical (unpaired) electrons. The molecule has 0 saturated carbocycles. The maximum absolute atomic E-state index is 13.8. The Bertz CT molecular complexity index is 1680. The molecule has 2 atom stereocenters. The first-order valence-corrected chi connectivity index (χ1v) is 16.8. The fourth-order valence-corrected chi connectivity index (χ4v) is 5.29. The molecule has 0 bridgehead atoms. The van der Waals surface area contributed by atoms with Crippen molar-refractivity contribution in [2.75, 3.05) is 32.8 Å². The summed E-state index contributed by atoms with van der Waals surface area (Å²) in [4.78, 5) is 72.9. The van der Waals surface area contributed by atoms with Crippen LogP contribution in [0.5, 0.6) is 5.75 Å². The Morgan fingerprint density at radius 1 is 0.920 bits per heavy atom. The van der Waals surface area contributed by atoms with Crippen LogP contribution in [0.25, 0.3) is 10.9 Å². The smallest absolute Gasteiger partial charge is 0.409 e. The second-order valence-electron chi connectivity index (χ2n) is 13.0. The quantitative estimate of drug-likeness (QED) is 0.211. The molecule has 2 aromatic carbocycles. The number of rotatable bonds is 12. The monoisotopic (exact) mass is 690 g/mol. The minimum Gasteiger partial charge on any atom is -0.478 e. The highest BCUT2D eigenvalue weighted by atomic mass is 16.6. The van der Waals surface area contributed by atoms with E-state index in [1.54, 1.807) is 51.7 Å². The average molecular weight is 691 g/mol. The molecule has 1 unspecified atom stereocenters. The van der Waals surface area contributed by atoms with Crippen molar-refractivity contribution in [3.8, 4) is 5.75 Å². The van der Waals surface area contributed by atoms with E-state index in [0.717, 1.165) is 11.1 Å². The van der Waals surface area contributed by atoms with Crippen LogP contribution < -0.4 is 10.1 Å². The maximum atomic E-state index is 13.8. The number of hydrogen-bond acceptors (Lipinski definition) is 10. The highest BCUT2D eigenvalue weighted by Crippen LogP contribution is 2.28. The number of amides is 3. The Labute approximate surface area is 292 Å². The van der Waals surface area contributed by atoms with Crippen LogP contribution in [0, 0.1) is 6.92 Å². The SMILES string of the molecule is CCOC(=O)N1CCN(C(=O)C(CCC(=O)OC(C)(C)C)NC(=O)c2cc(O[C@H](C)C(=O)OCc3ccccc3)c3ccc(C)cc3n2)CC1. The molecule has 1 saturated heterocycles. The number of hydrogen-bond donors (Lipinski definition) is 1. The third kappa shape index (κ3) is 10.6. The van der Waals surface area contributed by atoms with E-state index in [2.05, 4.69) is 10.3 Å². The number of pyridine rings is 1. The molecule has 1 aromatic heterocycles. The summed E-state index contributed by atoms with van der Waals surface area (Å²) in [7, 11) is 0. The Kier molecular flexibility index (Phi) is 12.8. The highest BCUT2D eigenvalue weighted by Gasteiger charge is 2.32. The molecular weight excluding hydrogens is 644 g/mol. The number of esters is 2. The van der Waals surface area contributed by atoms with Crippen molar-refractivity contribution < 1.29 is 42.9 Å². The van der Waals surface area contributed by atoms with Crippen LogP contribution >= 0.6 is 0 Å². The summed E-state index contributed by atoms with van der Waals surface area (Å²) in [5.41, 5.74) is 1.39. The number of benzene rings is 2. The fourth-order valence-electron chi connectivity index (χ4n) is 5.29. The topological polar surface area (TPSA) is 154 Å². The number of aryl methyl sites for hydroxylation is 1. The van der Waals surface area contributed by atoms with E-state index in [0.29, 0.717) is 10.9 Å². The van der Waals surface area contributed by atoms with Crippen molar-refractivity contribution in [2.45, 2.75) is 78.7 Å². The first-order valence-electron chi connectivity index (χ1n) is 16.8. The molecule has 1 aliphatic rings. The Balaban J connectivity index is 1.54. The van der Waals surface area contributed by atoms with Gasteiger partial charge < -0.3 is 34.1 Å². The van der Waals surface area contributed by atoms with Crippen LogP contribution in [0.3, 0.4) is 0 Å². The van der Waals surface area contributed by atoms with E-state index in [9.17, 15) is 24.0 Å². The van der Waals surface area contributed by atoms with E-state index in [-0.39, 0.29) is 63.7 Å². The molecule has 1 aliphatic heterocycles. The van der Waals surface area contributed by atoms with Gasteiger partial charge in [-0.2, -0.15) is 0 Å². The summed E-state index contributed by atoms with van der Waals surface area (Å²) in [6, 6.07) is 15.0. The first-order chi connectivity index (χ1) is 23.7. The molecule has 268 valence electrons. The zero-order valence-electron chi connectivity index (χ0n) is 29.5. The molecule has 50 heavy (non-hydrogen) atoms. The zero-order chi connectivity index (χ0) is 36.4. The van der Waals surface area contributed by atoms with Crippen LogP contribution in [0.2, 0.25) is 0 Å². The van der Waals surface area contributed by atoms with Crippen LogP contribution in [-0.4, -0.2) is 95.2 Å². The predicted molar refractivity (Wildman–Crippen MR) is 184 cm³/mol. The number of piperazine rings is 1. The Hall–Kier alpha value is -5.20. The summed E-state index contributed by atoms with van der Waals surface area (Å²) in [6.07, 6.45) is -1.63. The summed E-state index contributed by atoms with van der Waals surface area (Å²) in [5, 5.41) is 3.35. The normalized spacial score (nSPS) is 14.4. The van der Waals surface area contributed by atoms with Crippen LogP contribution in [0.15, 0.2) is 54.6 Å². The predicted octanol–water partition coefficient (Wildman–Crippen LogP) is 4.57. The van der Waals surface area contributed by atoms with Gasteiger partial charge in [0.05, 0.1) is 12.1 Å². The largest absolute Gasteiger partial charge is 0.478 e. The molecular formula is C37H46N4O9. The van der Waals surface area contributed by atoms with Gasteiger partial charge in [0.1, 0.15) is 29.7 Å². The third-order valence-electron chi connectivity index (χ3n) is 7.80. The first kappa shape index (κ1) is 37.6. The molecule has 2 heterocycles. The minimum absolute atomic E-state index is 0.0298. The number of aromatic nitrogens is 1. The summed E-state index contributed by atoms with van der Waals surface area (Å²) < 4.78 is 22.0. The van der Waals surface area contributed by atoms with Gasteiger partial charge in [0, 0.05) is 44.1 Å². The van der Waals surface area contributed by atoms with Gasteiger partial charge in [0.2, 0.25) is 5.91 Å². The second-order valence-corrected chi connectivity index (χ2v) is 13.0. The van der Waals surface area contributed by atoms with Gasteiger partial charge in [-0.15, -0.1) is 0 Å². The van der Waals surface area contributed by atoms with Gasteiger partial charge in [-0.25, -0.2) is 14.6 Å². The number of carbonyl (C=O) groups is 5. The summed E-state index contributed by atoms with van der Waals surface area (Å²) in [6.45, 7) is 11.7. The standard InChI is InChI=1S/C37H46N4O9/c1-7-47-36(46)41-19-17-40(18-20-41)34(44)28(15-16-32(42)50-37(4,5)6)39-33(43)30-22-31(27-14-13-24(2)21-29(27)38-30)49-25(3)35(45)48-23-26-11-9-8-10-12-26/h8-14,21-22,25,28H,7,15-20,23H2,1-6H3,(H,39,43)/t25-,28?/m1/s1. The van der Waals surface area contributed by atoms with E-state index < -0.39 is 47.6 Å². The number of carbonyl (C=O) groups excluding carboxylic acids is 5. The lowest BCUT2D eigenvalue weighted by atomic mass is 10.1. The molecule has 13 heteroatoms. The number of ether oxygens (including phenoxy) is 4. The van der Waals surface area contributed by atoms with E-state index in [1.807, 2.05) is 43.3 Å². The highest BCUT2D eigenvalue weighted by molar-refractivity contribution is 5.99. The van der Waals surface area contributed by atoms with Gasteiger partial charge in [0.25, 0.3) is 5.91 Å². The molecule has 0 spiro atoms. The van der Waals surface area contributed by atoms with Gasteiger partial charge in [0.15, 0.2) is 6.10 Å². The van der Waals surface area contributed by atoms with Crippen molar-refractivity contribution in [2.24, 2.45) is 0 Å². The average Bonchev–Trinajstić information content (AvgIpc) is 3.08. The molecule has 3 amide bonds. The lowest BCUT2D eigenvalue weighted by molar-refractivity contribution is -0.155. The number of nitrogens with zero attached hydrogens (tertiary/aromatic N) is 3. The summed E-state index contributed by atoms with van der Waals surface area (Å²) >= 11 is 0. The Morgan fingerprint density at radius 3 is 2.26 bits per heavy atom. The van der Waals surface area contributed by atoms with Crippen molar-refractivity contribution in [3.63, 3.8) is 0 Å². The number of nitrogens with one attached hydrogen (secondary N) is 1. The summed E-state index contributed by atoms with van der Waals surface area (Å²) in [5.74, 6) is -1.96. The van der Waals surface area contributed by atoms with E-state index in [4.69, 9.17) is 18.9 Å². The fraction of sp³-hybridized carbons (Fsp3) is 0.459. The molecule has 3 aromatic rings. The number of fused-ring (bicyclic) bond motifs is 1. The van der Waals surface area contributed by atoms with Gasteiger partial charge in [-0.3, -0.25) is 14.4 Å². The van der Waals surface area contributed by atoms with Crippen molar-refractivity contribution in [3.05, 3.63) is 71.4 Å². The molecule has 1 fully saturated rings. The van der Waals surface area contributed by atoms with Crippen LogP contribution in [0.4, 0.5) is 4.79 Å². The minimum atomic E-state index is -1.10. The molecule has 13 nitrogen and oxygen atoms in total. The van der Waals surface area contributed by atoms with Crippen molar-refractivity contribution >= 4 is 40.7 Å². The van der Waals surface area contributed by atoms with Crippen molar-refractivity contribution in [1.29, 1.82) is 0 Å². The van der Waals surface area contributed by atoms with E-state index >= 15 is 0 Å². The zero-order valence-corrected chi connectivity index (χ0v) is 29.5. The molecule has 1 N–H and O–H groups in total. The van der Waals surface area contributed by atoms with Crippen molar-refractivity contribution in [1.82, 2.24) is 20.1 Å². The maximum Gasteiger partial charge on any atom is 0.409 e. The van der Waals surface area contributed by atoms with E-state index in [1.165, 1.54) is 11.0 Å². The third-order valence-corrected chi connectivity index (χ3v) is 7.80. The Morgan fingerprint density at radius 2 is 1.60 bits per heavy atom. The van der Waals surface area contributed by atoms with Gasteiger partial charge in [-0.05, 0) is 71.2 Å². The molecule has 4 rings (SSSR count).